The van der Waals surface area contributed by atoms with E-state index in [1.807, 2.05) is 12.1 Å². The van der Waals surface area contributed by atoms with Gasteiger partial charge in [0.15, 0.2) is 11.6 Å². The fourth-order valence-corrected chi connectivity index (χ4v) is 6.05. The van der Waals surface area contributed by atoms with Crippen molar-refractivity contribution in [2.24, 2.45) is 17.8 Å². The van der Waals surface area contributed by atoms with Crippen molar-refractivity contribution in [2.75, 3.05) is 0 Å². The number of hydrogen-bond donors (Lipinski definition) is 0. The minimum Gasteiger partial charge on any atom is -0.382 e. The molecule has 0 aromatic heterocycles. The molecule has 0 spiro atoms. The van der Waals surface area contributed by atoms with E-state index in [0.29, 0.717) is 5.56 Å². The fraction of sp³-hybridized carbons (Fsp3) is 0.448. The van der Waals surface area contributed by atoms with Gasteiger partial charge in [-0.05, 0) is 98.5 Å². The van der Waals surface area contributed by atoms with Crippen molar-refractivity contribution in [3.8, 4) is 16.9 Å². The first-order valence-electron chi connectivity index (χ1n) is 12.3. The van der Waals surface area contributed by atoms with E-state index in [1.54, 1.807) is 6.07 Å². The van der Waals surface area contributed by atoms with E-state index in [1.165, 1.54) is 68.6 Å². The summed E-state index contributed by atoms with van der Waals surface area (Å²) in [4.78, 5) is 0. The van der Waals surface area contributed by atoms with Gasteiger partial charge in [0, 0.05) is 5.56 Å². The SMILES string of the molecule is C/C=C/CCC1CCC(C2CC=C(c3ccc(-c4ccc(OCl)c(F)c4Cl)cc3)CC2)CC1. The normalized spacial score (nSPS) is 23.5. The summed E-state index contributed by atoms with van der Waals surface area (Å²) in [7, 11) is 0. The van der Waals surface area contributed by atoms with Crippen molar-refractivity contribution in [1.29, 1.82) is 0 Å². The van der Waals surface area contributed by atoms with E-state index in [2.05, 4.69) is 41.6 Å². The van der Waals surface area contributed by atoms with Crippen LogP contribution in [0.5, 0.6) is 5.75 Å². The lowest BCUT2D eigenvalue weighted by Gasteiger charge is -2.35. The predicted molar refractivity (Wildman–Crippen MR) is 138 cm³/mol. The summed E-state index contributed by atoms with van der Waals surface area (Å²) in [5.41, 5.74) is 4.20. The van der Waals surface area contributed by atoms with Crippen LogP contribution in [0.3, 0.4) is 0 Å². The molecule has 0 heterocycles. The van der Waals surface area contributed by atoms with Gasteiger partial charge in [-0.3, -0.25) is 0 Å². The molecule has 2 aromatic carbocycles. The lowest BCUT2D eigenvalue weighted by molar-refractivity contribution is 0.190. The molecule has 0 amide bonds. The molecule has 1 fully saturated rings. The third-order valence-electron chi connectivity index (χ3n) is 7.68. The lowest BCUT2D eigenvalue weighted by Crippen LogP contribution is -2.23. The van der Waals surface area contributed by atoms with Crippen LogP contribution < -0.4 is 4.29 Å². The summed E-state index contributed by atoms with van der Waals surface area (Å²) in [6.45, 7) is 2.11. The summed E-state index contributed by atoms with van der Waals surface area (Å²) >= 11 is 11.5. The standard InChI is InChI=1S/C29H33Cl2FO/c1-2-3-4-5-20-6-8-21(9-7-20)22-10-12-23(13-11-22)24-14-16-25(17-15-24)26-18-19-27(33-31)29(32)28(26)30/h2-3,12,14-22H,4-11,13H2,1H3/b3-2+. The van der Waals surface area contributed by atoms with Crippen molar-refractivity contribution in [1.82, 2.24) is 0 Å². The fourth-order valence-electron chi connectivity index (χ4n) is 5.67. The summed E-state index contributed by atoms with van der Waals surface area (Å²) in [6, 6.07) is 11.5. The molecule has 33 heavy (non-hydrogen) atoms. The van der Waals surface area contributed by atoms with Crippen LogP contribution in [0.1, 0.15) is 70.3 Å². The number of rotatable bonds is 7. The first-order valence-corrected chi connectivity index (χ1v) is 13.0. The Kier molecular flexibility index (Phi) is 8.55. The maximum absolute atomic E-state index is 14.2. The molecule has 0 aliphatic heterocycles. The van der Waals surface area contributed by atoms with Crippen LogP contribution in [0.2, 0.25) is 5.02 Å². The van der Waals surface area contributed by atoms with Crippen LogP contribution in [0.4, 0.5) is 4.39 Å². The van der Waals surface area contributed by atoms with E-state index in [-0.39, 0.29) is 10.8 Å². The molecule has 4 rings (SSSR count). The highest BCUT2D eigenvalue weighted by Crippen LogP contribution is 2.42. The van der Waals surface area contributed by atoms with Crippen molar-refractivity contribution >= 4 is 29.0 Å². The Bertz CT molecular complexity index is 987. The zero-order valence-corrected chi connectivity index (χ0v) is 20.8. The summed E-state index contributed by atoms with van der Waals surface area (Å²) in [6.07, 6.45) is 18.8. The second kappa shape index (κ2) is 11.6. The third kappa shape index (κ3) is 5.84. The van der Waals surface area contributed by atoms with E-state index >= 15 is 0 Å². The average molecular weight is 487 g/mol. The van der Waals surface area contributed by atoms with Crippen molar-refractivity contribution in [3.63, 3.8) is 0 Å². The first kappa shape index (κ1) is 24.4. The molecule has 176 valence electrons. The molecule has 0 saturated heterocycles. The van der Waals surface area contributed by atoms with Crippen LogP contribution in [-0.4, -0.2) is 0 Å². The Balaban J connectivity index is 1.35. The van der Waals surface area contributed by atoms with E-state index in [0.717, 1.165) is 29.7 Å². The minimum atomic E-state index is -0.638. The van der Waals surface area contributed by atoms with Gasteiger partial charge >= 0.3 is 0 Å². The topological polar surface area (TPSA) is 9.23 Å². The zero-order chi connectivity index (χ0) is 23.2. The molecule has 0 bridgehead atoms. The number of hydrogen-bond acceptors (Lipinski definition) is 1. The molecule has 2 aliphatic rings. The van der Waals surface area contributed by atoms with Crippen LogP contribution in [0.15, 0.2) is 54.6 Å². The molecule has 1 saturated carbocycles. The Hall–Kier alpha value is -1.77. The molecule has 0 radical (unpaired) electrons. The van der Waals surface area contributed by atoms with Crippen molar-refractivity contribution in [3.05, 3.63) is 71.0 Å². The number of allylic oxidation sites excluding steroid dienone is 4. The van der Waals surface area contributed by atoms with Crippen molar-refractivity contribution < 1.29 is 8.68 Å². The maximum Gasteiger partial charge on any atom is 0.186 e. The molecular formula is C29H33Cl2FO. The number of benzene rings is 2. The first-order chi connectivity index (χ1) is 16.1. The van der Waals surface area contributed by atoms with Gasteiger partial charge in [0.2, 0.25) is 0 Å². The van der Waals surface area contributed by atoms with Crippen LogP contribution >= 0.6 is 23.5 Å². The van der Waals surface area contributed by atoms with Gasteiger partial charge in [-0.2, -0.15) is 0 Å². The molecule has 1 atom stereocenters. The van der Waals surface area contributed by atoms with Gasteiger partial charge in [-0.15, -0.1) is 0 Å². The molecule has 2 aliphatic carbocycles. The van der Waals surface area contributed by atoms with Gasteiger partial charge in [0.05, 0.1) is 5.02 Å². The van der Waals surface area contributed by atoms with Gasteiger partial charge < -0.3 is 4.29 Å². The van der Waals surface area contributed by atoms with Crippen LogP contribution in [0, 0.1) is 23.6 Å². The summed E-state index contributed by atoms with van der Waals surface area (Å²) < 4.78 is 18.7. The van der Waals surface area contributed by atoms with E-state index < -0.39 is 5.82 Å². The minimum absolute atomic E-state index is 0.0252. The highest BCUT2D eigenvalue weighted by Gasteiger charge is 2.28. The van der Waals surface area contributed by atoms with Crippen LogP contribution in [0.25, 0.3) is 16.7 Å². The molecule has 0 N–H and O–H groups in total. The van der Waals surface area contributed by atoms with Gasteiger partial charge in [0.25, 0.3) is 0 Å². The quantitative estimate of drug-likeness (QED) is 0.353. The summed E-state index contributed by atoms with van der Waals surface area (Å²) in [5, 5.41) is 0.0252. The molecular weight excluding hydrogens is 454 g/mol. The molecule has 4 heteroatoms. The molecule has 1 unspecified atom stereocenters. The highest BCUT2D eigenvalue weighted by molar-refractivity contribution is 6.33. The van der Waals surface area contributed by atoms with Gasteiger partial charge in [-0.25, -0.2) is 4.39 Å². The van der Waals surface area contributed by atoms with E-state index in [4.69, 9.17) is 23.5 Å². The maximum atomic E-state index is 14.2. The van der Waals surface area contributed by atoms with E-state index in [9.17, 15) is 4.39 Å². The van der Waals surface area contributed by atoms with Gasteiger partial charge in [-0.1, -0.05) is 66.9 Å². The summed E-state index contributed by atoms with van der Waals surface area (Å²) in [5.74, 6) is 1.98. The lowest BCUT2D eigenvalue weighted by atomic mass is 9.70. The predicted octanol–water partition coefficient (Wildman–Crippen LogP) is 10.0. The number of halogens is 3. The largest absolute Gasteiger partial charge is 0.382 e. The second-order valence-electron chi connectivity index (χ2n) is 9.58. The van der Waals surface area contributed by atoms with Crippen LogP contribution in [-0.2, 0) is 0 Å². The smallest absolute Gasteiger partial charge is 0.186 e. The Morgan fingerprint density at radius 1 is 0.970 bits per heavy atom. The second-order valence-corrected chi connectivity index (χ2v) is 10.1. The molecule has 2 aromatic rings. The highest BCUT2D eigenvalue weighted by atomic mass is 35.5. The Morgan fingerprint density at radius 3 is 2.33 bits per heavy atom. The van der Waals surface area contributed by atoms with Gasteiger partial charge in [0.1, 0.15) is 11.9 Å². The Labute approximate surface area is 207 Å². The zero-order valence-electron chi connectivity index (χ0n) is 19.3. The monoisotopic (exact) mass is 486 g/mol. The van der Waals surface area contributed by atoms with Crippen molar-refractivity contribution in [2.45, 2.75) is 64.7 Å². The molecule has 1 nitrogen and oxygen atoms in total. The third-order valence-corrected chi connectivity index (χ3v) is 8.22. The average Bonchev–Trinajstić information content (AvgIpc) is 2.87. The Morgan fingerprint density at radius 2 is 1.70 bits per heavy atom.